The van der Waals surface area contributed by atoms with E-state index in [-0.39, 0.29) is 12.3 Å². The van der Waals surface area contributed by atoms with Gasteiger partial charge in [-0.25, -0.2) is 13.1 Å². The van der Waals surface area contributed by atoms with Crippen molar-refractivity contribution in [1.29, 1.82) is 0 Å². The van der Waals surface area contributed by atoms with Gasteiger partial charge in [-0.2, -0.15) is 0 Å². The van der Waals surface area contributed by atoms with Gasteiger partial charge in [0.1, 0.15) is 12.4 Å². The zero-order chi connectivity index (χ0) is 16.6. The number of aryl methyl sites for hydroxylation is 2. The molecule has 0 bridgehead atoms. The summed E-state index contributed by atoms with van der Waals surface area (Å²) in [5, 5.41) is 11.0. The van der Waals surface area contributed by atoms with E-state index in [1.54, 1.807) is 25.1 Å². The first-order chi connectivity index (χ1) is 10.9. The summed E-state index contributed by atoms with van der Waals surface area (Å²) in [7, 11) is -3.30. The quantitative estimate of drug-likeness (QED) is 0.758. The first kappa shape index (κ1) is 15.6. The Morgan fingerprint density at radius 1 is 1.35 bits per heavy atom. The third kappa shape index (κ3) is 3.09. The van der Waals surface area contributed by atoms with E-state index in [0.717, 1.165) is 18.4 Å². The van der Waals surface area contributed by atoms with Crippen LogP contribution in [-0.2, 0) is 23.0 Å². The van der Waals surface area contributed by atoms with E-state index >= 15 is 0 Å². The first-order valence-electron chi connectivity index (χ1n) is 7.23. The number of carbonyl (C=O) groups excluding carboxylic acids is 1. The number of hydrogen-bond acceptors (Lipinski definition) is 6. The number of tetrazole rings is 1. The largest absolute Gasteiger partial charge is 0.292 e. The smallest absolute Gasteiger partial charge is 0.232 e. The summed E-state index contributed by atoms with van der Waals surface area (Å²) in [6, 6.07) is 5.13. The molecule has 0 amide bonds. The molecule has 3 rings (SSSR count). The molecule has 0 atom stereocenters. The fourth-order valence-electron chi connectivity index (χ4n) is 2.70. The van der Waals surface area contributed by atoms with Crippen molar-refractivity contribution in [2.24, 2.45) is 0 Å². The number of nitrogens with zero attached hydrogens (tertiary/aromatic N) is 5. The van der Waals surface area contributed by atoms with Gasteiger partial charge in [0.15, 0.2) is 5.78 Å². The van der Waals surface area contributed by atoms with Crippen LogP contribution in [0.15, 0.2) is 18.2 Å². The lowest BCUT2D eigenvalue weighted by Gasteiger charge is -2.29. The van der Waals surface area contributed by atoms with Crippen LogP contribution in [0.3, 0.4) is 0 Å². The fraction of sp³-hybridized carbons (Fsp3) is 0.429. The monoisotopic (exact) mass is 335 g/mol. The van der Waals surface area contributed by atoms with Gasteiger partial charge in [-0.3, -0.25) is 9.10 Å². The van der Waals surface area contributed by atoms with Gasteiger partial charge in [0.05, 0.1) is 11.9 Å². The summed E-state index contributed by atoms with van der Waals surface area (Å²) < 4.78 is 26.5. The number of rotatable bonds is 4. The van der Waals surface area contributed by atoms with Crippen LogP contribution >= 0.6 is 0 Å². The highest BCUT2D eigenvalue weighted by molar-refractivity contribution is 7.92. The van der Waals surface area contributed by atoms with Crippen molar-refractivity contribution in [3.63, 3.8) is 0 Å². The summed E-state index contributed by atoms with van der Waals surface area (Å²) in [5.41, 5.74) is 2.07. The fourth-order valence-corrected chi connectivity index (χ4v) is 3.70. The number of hydrogen-bond donors (Lipinski definition) is 0. The van der Waals surface area contributed by atoms with E-state index < -0.39 is 10.0 Å². The Labute approximate surface area is 134 Å². The highest BCUT2D eigenvalue weighted by atomic mass is 32.2. The predicted octanol–water partition coefficient (Wildman–Crippen LogP) is 0.577. The molecule has 0 saturated carbocycles. The normalized spacial score (nSPS) is 14.6. The minimum absolute atomic E-state index is 0.0629. The molecule has 0 spiro atoms. The summed E-state index contributed by atoms with van der Waals surface area (Å²) in [6.45, 7) is 2.26. The molecule has 0 N–H and O–H groups in total. The number of aromatic nitrogens is 4. The molecule has 0 radical (unpaired) electrons. The van der Waals surface area contributed by atoms with Crippen LogP contribution in [0.5, 0.6) is 0 Å². The van der Waals surface area contributed by atoms with Crippen molar-refractivity contribution in [3.05, 3.63) is 35.2 Å². The minimum Gasteiger partial charge on any atom is -0.292 e. The number of ketones is 1. The van der Waals surface area contributed by atoms with Gasteiger partial charge in [0, 0.05) is 12.1 Å². The molecule has 23 heavy (non-hydrogen) atoms. The lowest BCUT2D eigenvalue weighted by molar-refractivity contribution is 0.0966. The topological polar surface area (TPSA) is 98.1 Å². The molecule has 122 valence electrons. The molecule has 1 aromatic heterocycles. The number of Topliss-reactive ketones (excluding diaryl/α,β-unsaturated/α-hetero) is 1. The Kier molecular flexibility index (Phi) is 3.88. The van der Waals surface area contributed by atoms with Crippen LogP contribution in [0.1, 0.15) is 28.2 Å². The summed E-state index contributed by atoms with van der Waals surface area (Å²) in [6.07, 6.45) is 2.69. The molecular weight excluding hydrogens is 318 g/mol. The van der Waals surface area contributed by atoms with E-state index in [2.05, 4.69) is 15.5 Å². The molecule has 8 nitrogen and oxygen atoms in total. The average molecular weight is 335 g/mol. The second-order valence-corrected chi connectivity index (χ2v) is 7.50. The van der Waals surface area contributed by atoms with Crippen molar-refractivity contribution < 1.29 is 13.2 Å². The average Bonchev–Trinajstić information content (AvgIpc) is 2.90. The van der Waals surface area contributed by atoms with Crippen molar-refractivity contribution >= 4 is 21.5 Å². The van der Waals surface area contributed by atoms with Gasteiger partial charge in [-0.15, -0.1) is 5.10 Å². The lowest BCUT2D eigenvalue weighted by atomic mass is 9.99. The zero-order valence-corrected chi connectivity index (χ0v) is 13.7. The summed E-state index contributed by atoms with van der Waals surface area (Å²) >= 11 is 0. The number of fused-ring (bicyclic) bond motifs is 1. The molecule has 0 unspecified atom stereocenters. The molecule has 0 fully saturated rings. The minimum atomic E-state index is -3.30. The van der Waals surface area contributed by atoms with Crippen LogP contribution in [0.4, 0.5) is 5.69 Å². The lowest BCUT2D eigenvalue weighted by Crippen LogP contribution is -2.34. The molecule has 0 aliphatic carbocycles. The maximum Gasteiger partial charge on any atom is 0.232 e. The van der Waals surface area contributed by atoms with Crippen molar-refractivity contribution in [1.82, 2.24) is 20.2 Å². The van der Waals surface area contributed by atoms with Crippen molar-refractivity contribution in [2.75, 3.05) is 17.1 Å². The van der Waals surface area contributed by atoms with Crippen LogP contribution in [0.25, 0.3) is 0 Å². The molecule has 9 heteroatoms. The summed E-state index contributed by atoms with van der Waals surface area (Å²) in [5.74, 6) is 0.458. The SMILES string of the molecule is Cc1nnnn1CC(=O)c1ccc2c(c1)CCCN2S(C)(=O)=O. The van der Waals surface area contributed by atoms with Crippen molar-refractivity contribution in [2.45, 2.75) is 26.3 Å². The standard InChI is InChI=1S/C14H17N5O3S/c1-10-15-16-17-18(10)9-14(20)12-5-6-13-11(8-12)4-3-7-19(13)23(2,21)22/h5-6,8H,3-4,7,9H2,1-2H3. The number of carbonyl (C=O) groups is 1. The summed E-state index contributed by atoms with van der Waals surface area (Å²) in [4.78, 5) is 12.4. The maximum absolute atomic E-state index is 12.4. The van der Waals surface area contributed by atoms with E-state index in [1.807, 2.05) is 0 Å². The molecule has 1 aromatic carbocycles. The predicted molar refractivity (Wildman–Crippen MR) is 83.8 cm³/mol. The third-order valence-electron chi connectivity index (χ3n) is 3.88. The second-order valence-electron chi connectivity index (χ2n) is 5.59. The number of anilines is 1. The van der Waals surface area contributed by atoms with E-state index in [0.29, 0.717) is 23.6 Å². The zero-order valence-electron chi connectivity index (χ0n) is 12.9. The Hall–Kier alpha value is -2.29. The highest BCUT2D eigenvalue weighted by Crippen LogP contribution is 2.30. The molecule has 1 aliphatic heterocycles. The van der Waals surface area contributed by atoms with Gasteiger partial charge < -0.3 is 0 Å². The van der Waals surface area contributed by atoms with Gasteiger partial charge >= 0.3 is 0 Å². The molecule has 2 heterocycles. The van der Waals surface area contributed by atoms with Crippen LogP contribution in [-0.4, -0.2) is 47.2 Å². The van der Waals surface area contributed by atoms with Crippen LogP contribution < -0.4 is 4.31 Å². The Morgan fingerprint density at radius 3 is 2.78 bits per heavy atom. The van der Waals surface area contributed by atoms with Gasteiger partial charge in [-0.05, 0) is 54.0 Å². The Balaban J connectivity index is 1.89. The Morgan fingerprint density at radius 2 is 2.13 bits per heavy atom. The van der Waals surface area contributed by atoms with Crippen LogP contribution in [0.2, 0.25) is 0 Å². The molecular formula is C14H17N5O3S. The second kappa shape index (κ2) is 5.73. The molecule has 2 aromatic rings. The highest BCUT2D eigenvalue weighted by Gasteiger charge is 2.24. The Bertz CT molecular complexity index is 859. The van der Waals surface area contributed by atoms with Crippen molar-refractivity contribution in [3.8, 4) is 0 Å². The molecule has 0 saturated heterocycles. The van der Waals surface area contributed by atoms with E-state index in [4.69, 9.17) is 0 Å². The number of benzene rings is 1. The van der Waals surface area contributed by atoms with Gasteiger partial charge in [-0.1, -0.05) is 0 Å². The van der Waals surface area contributed by atoms with E-state index in [9.17, 15) is 13.2 Å². The molecule has 1 aliphatic rings. The number of sulfonamides is 1. The first-order valence-corrected chi connectivity index (χ1v) is 9.08. The maximum atomic E-state index is 12.4. The van der Waals surface area contributed by atoms with Gasteiger partial charge in [0.2, 0.25) is 10.0 Å². The van der Waals surface area contributed by atoms with Crippen LogP contribution in [0, 0.1) is 6.92 Å². The van der Waals surface area contributed by atoms with Gasteiger partial charge in [0.25, 0.3) is 0 Å². The van der Waals surface area contributed by atoms with E-state index in [1.165, 1.54) is 15.2 Å². The third-order valence-corrected chi connectivity index (χ3v) is 5.06.